The Labute approximate surface area is 131 Å². The lowest BCUT2D eigenvalue weighted by atomic mass is 10.1. The second-order valence-electron chi connectivity index (χ2n) is 5.57. The average molecular weight is 307 g/mol. The Kier molecular flexibility index (Phi) is 6.03. The number of urea groups is 1. The van der Waals surface area contributed by atoms with Gasteiger partial charge in [0.05, 0.1) is 6.61 Å². The lowest BCUT2D eigenvalue weighted by Crippen LogP contribution is -2.52. The molecule has 0 radical (unpaired) electrons. The topological polar surface area (TPSA) is 65.0 Å². The number of carbonyl (C=O) groups is 1. The van der Waals surface area contributed by atoms with Crippen LogP contribution in [0.15, 0.2) is 18.2 Å². The molecule has 22 heavy (non-hydrogen) atoms. The van der Waals surface area contributed by atoms with Gasteiger partial charge in [0, 0.05) is 32.7 Å². The average Bonchev–Trinajstić information content (AvgIpc) is 2.52. The van der Waals surface area contributed by atoms with Gasteiger partial charge in [-0.1, -0.05) is 6.07 Å². The summed E-state index contributed by atoms with van der Waals surface area (Å²) in [6, 6.07) is 5.77. The smallest absolute Gasteiger partial charge is 0.320 e. The van der Waals surface area contributed by atoms with Crippen molar-refractivity contribution in [1.82, 2.24) is 15.1 Å². The Morgan fingerprint density at radius 2 is 1.95 bits per heavy atom. The van der Waals surface area contributed by atoms with Crippen LogP contribution in [0.1, 0.15) is 11.1 Å². The second kappa shape index (κ2) is 8.00. The van der Waals surface area contributed by atoms with E-state index < -0.39 is 0 Å². The van der Waals surface area contributed by atoms with Crippen molar-refractivity contribution in [2.45, 2.75) is 13.8 Å². The van der Waals surface area contributed by atoms with Gasteiger partial charge in [-0.2, -0.15) is 0 Å². The maximum Gasteiger partial charge on any atom is 0.320 e. The Morgan fingerprint density at radius 1 is 1.23 bits per heavy atom. The van der Waals surface area contributed by atoms with Crippen LogP contribution in [0.25, 0.3) is 0 Å². The molecule has 0 bridgehead atoms. The maximum absolute atomic E-state index is 12.0. The number of β-amino-alcohol motifs (C(OH)–C–C–N with tert-alkyl or cyclic N) is 1. The number of piperazine rings is 1. The summed E-state index contributed by atoms with van der Waals surface area (Å²) in [5, 5.41) is 11.7. The first kappa shape index (κ1) is 16.6. The molecule has 0 aromatic heterocycles. The van der Waals surface area contributed by atoms with E-state index >= 15 is 0 Å². The van der Waals surface area contributed by atoms with Crippen LogP contribution in [0.4, 0.5) is 4.79 Å². The zero-order valence-corrected chi connectivity index (χ0v) is 13.3. The Bertz CT molecular complexity index is 499. The van der Waals surface area contributed by atoms with Crippen LogP contribution in [0.2, 0.25) is 0 Å². The first-order chi connectivity index (χ1) is 10.6. The highest BCUT2D eigenvalue weighted by Gasteiger charge is 2.20. The van der Waals surface area contributed by atoms with Gasteiger partial charge in [-0.15, -0.1) is 0 Å². The van der Waals surface area contributed by atoms with Gasteiger partial charge in [0.1, 0.15) is 5.75 Å². The van der Waals surface area contributed by atoms with Crippen LogP contribution in [-0.2, 0) is 0 Å². The van der Waals surface area contributed by atoms with Crippen molar-refractivity contribution in [3.8, 4) is 5.75 Å². The van der Waals surface area contributed by atoms with E-state index in [-0.39, 0.29) is 19.4 Å². The van der Waals surface area contributed by atoms with Gasteiger partial charge in [0.2, 0.25) is 0 Å². The van der Waals surface area contributed by atoms with Gasteiger partial charge in [-0.3, -0.25) is 4.90 Å². The van der Waals surface area contributed by atoms with E-state index in [1.807, 2.05) is 25.1 Å². The van der Waals surface area contributed by atoms with E-state index in [1.165, 1.54) is 11.1 Å². The van der Waals surface area contributed by atoms with Crippen molar-refractivity contribution < 1.29 is 14.6 Å². The fourth-order valence-corrected chi connectivity index (χ4v) is 2.41. The van der Waals surface area contributed by atoms with Gasteiger partial charge in [-0.05, 0) is 37.1 Å². The quantitative estimate of drug-likeness (QED) is 0.795. The minimum absolute atomic E-state index is 0.104. The molecule has 0 unspecified atom stereocenters. The molecule has 0 atom stereocenters. The lowest BCUT2D eigenvalue weighted by Gasteiger charge is -2.34. The monoisotopic (exact) mass is 307 g/mol. The molecule has 2 amide bonds. The largest absolute Gasteiger partial charge is 0.473 e. The van der Waals surface area contributed by atoms with Crippen LogP contribution in [0, 0.1) is 13.8 Å². The molecular weight excluding hydrogens is 282 g/mol. The predicted molar refractivity (Wildman–Crippen MR) is 85.0 cm³/mol. The molecule has 1 heterocycles. The predicted octanol–water partition coefficient (Wildman–Crippen LogP) is 0.959. The first-order valence-electron chi connectivity index (χ1n) is 7.66. The van der Waals surface area contributed by atoms with E-state index in [9.17, 15) is 4.79 Å². The van der Waals surface area contributed by atoms with Crippen LogP contribution in [0.5, 0.6) is 5.75 Å². The molecule has 1 aliphatic heterocycles. The lowest BCUT2D eigenvalue weighted by molar-refractivity contribution is 0.119. The summed E-state index contributed by atoms with van der Waals surface area (Å²) in [7, 11) is 0. The molecule has 6 heteroatoms. The number of hydrogen-bond acceptors (Lipinski definition) is 4. The normalized spacial score (nSPS) is 15.7. The summed E-state index contributed by atoms with van der Waals surface area (Å²) in [5.74, 6) is 0.760. The highest BCUT2D eigenvalue weighted by molar-refractivity contribution is 5.74. The van der Waals surface area contributed by atoms with Gasteiger partial charge < -0.3 is 20.1 Å². The standard InChI is InChI=1S/C16H25N3O3/c1-13-3-4-15(11-14(13)2)22-12-17-16(21)19-7-5-18(6-8-19)9-10-20/h3-4,11,20H,5-10,12H2,1-2H3,(H,17,21). The second-order valence-corrected chi connectivity index (χ2v) is 5.57. The summed E-state index contributed by atoms with van der Waals surface area (Å²) >= 11 is 0. The molecule has 1 aliphatic rings. The Morgan fingerprint density at radius 3 is 2.59 bits per heavy atom. The molecule has 1 aromatic carbocycles. The Hall–Kier alpha value is -1.79. The third-order valence-electron chi connectivity index (χ3n) is 4.02. The van der Waals surface area contributed by atoms with Crippen molar-refractivity contribution in [3.63, 3.8) is 0 Å². The number of nitrogens with zero attached hydrogens (tertiary/aromatic N) is 2. The Balaban J connectivity index is 1.71. The van der Waals surface area contributed by atoms with E-state index in [0.29, 0.717) is 19.6 Å². The number of benzene rings is 1. The number of carbonyl (C=O) groups excluding carboxylic acids is 1. The molecule has 1 saturated heterocycles. The van der Waals surface area contributed by atoms with Crippen LogP contribution in [0.3, 0.4) is 0 Å². The zero-order valence-electron chi connectivity index (χ0n) is 13.3. The molecule has 0 saturated carbocycles. The van der Waals surface area contributed by atoms with Crippen molar-refractivity contribution in [1.29, 1.82) is 0 Å². The van der Waals surface area contributed by atoms with Crippen molar-refractivity contribution in [3.05, 3.63) is 29.3 Å². The molecule has 2 N–H and O–H groups in total. The number of ether oxygens (including phenoxy) is 1. The van der Waals surface area contributed by atoms with Crippen LogP contribution in [-0.4, -0.2) is 67.0 Å². The van der Waals surface area contributed by atoms with Crippen molar-refractivity contribution in [2.75, 3.05) is 46.1 Å². The van der Waals surface area contributed by atoms with Crippen LogP contribution >= 0.6 is 0 Å². The van der Waals surface area contributed by atoms with Crippen LogP contribution < -0.4 is 10.1 Å². The molecule has 122 valence electrons. The summed E-state index contributed by atoms with van der Waals surface area (Å²) in [6.45, 7) is 8.03. The summed E-state index contributed by atoms with van der Waals surface area (Å²) in [6.07, 6.45) is 0. The fraction of sp³-hybridized carbons (Fsp3) is 0.562. The highest BCUT2D eigenvalue weighted by Crippen LogP contribution is 2.15. The third-order valence-corrected chi connectivity index (χ3v) is 4.02. The van der Waals surface area contributed by atoms with Gasteiger partial charge >= 0.3 is 6.03 Å². The minimum atomic E-state index is -0.104. The molecule has 1 aromatic rings. The zero-order chi connectivity index (χ0) is 15.9. The van der Waals surface area contributed by atoms with E-state index in [1.54, 1.807) is 4.90 Å². The molecule has 1 fully saturated rings. The number of hydrogen-bond donors (Lipinski definition) is 2. The third kappa shape index (κ3) is 4.61. The number of rotatable bonds is 5. The van der Waals surface area contributed by atoms with Crippen molar-refractivity contribution in [2.24, 2.45) is 0 Å². The number of nitrogens with one attached hydrogen (secondary N) is 1. The molecule has 0 spiro atoms. The minimum Gasteiger partial charge on any atom is -0.473 e. The molecular formula is C16H25N3O3. The van der Waals surface area contributed by atoms with Crippen molar-refractivity contribution >= 4 is 6.03 Å². The van der Waals surface area contributed by atoms with E-state index in [0.717, 1.165) is 18.8 Å². The summed E-state index contributed by atoms with van der Waals surface area (Å²) < 4.78 is 5.56. The molecule has 0 aliphatic carbocycles. The first-order valence-corrected chi connectivity index (χ1v) is 7.66. The summed E-state index contributed by atoms with van der Waals surface area (Å²) in [4.78, 5) is 16.0. The SMILES string of the molecule is Cc1ccc(OCNC(=O)N2CCN(CCO)CC2)cc1C. The number of aryl methyl sites for hydroxylation is 2. The maximum atomic E-state index is 12.0. The van der Waals surface area contributed by atoms with E-state index in [4.69, 9.17) is 9.84 Å². The number of aliphatic hydroxyl groups excluding tert-OH is 1. The number of aliphatic hydroxyl groups is 1. The van der Waals surface area contributed by atoms with Gasteiger partial charge in [0.25, 0.3) is 0 Å². The summed E-state index contributed by atoms with van der Waals surface area (Å²) in [5.41, 5.74) is 2.39. The molecule has 2 rings (SSSR count). The molecule has 6 nitrogen and oxygen atoms in total. The fourth-order valence-electron chi connectivity index (χ4n) is 2.41. The van der Waals surface area contributed by atoms with E-state index in [2.05, 4.69) is 17.1 Å². The highest BCUT2D eigenvalue weighted by atomic mass is 16.5. The number of amides is 2. The van der Waals surface area contributed by atoms with Gasteiger partial charge in [-0.25, -0.2) is 4.79 Å². The van der Waals surface area contributed by atoms with Gasteiger partial charge in [0.15, 0.2) is 6.73 Å².